The summed E-state index contributed by atoms with van der Waals surface area (Å²) in [5, 5.41) is 0. The first-order valence-electron chi connectivity index (χ1n) is 8.63. The fourth-order valence-corrected chi connectivity index (χ4v) is 5.04. The van der Waals surface area contributed by atoms with Crippen LogP contribution < -0.4 is 9.62 Å². The Morgan fingerprint density at radius 2 is 1.73 bits per heavy atom. The Morgan fingerprint density at radius 3 is 2.31 bits per heavy atom. The van der Waals surface area contributed by atoms with Gasteiger partial charge in [-0.2, -0.15) is 0 Å². The highest BCUT2D eigenvalue weighted by Crippen LogP contribution is 2.34. The molecule has 1 heterocycles. The number of carbonyl (C=O) groups excluding carboxylic acids is 1. The van der Waals surface area contributed by atoms with Crippen molar-refractivity contribution in [1.82, 2.24) is 0 Å². The lowest BCUT2D eigenvalue weighted by atomic mass is 10.1. The second-order valence-electron chi connectivity index (χ2n) is 7.11. The highest BCUT2D eigenvalue weighted by molar-refractivity contribution is 7.92. The van der Waals surface area contributed by atoms with Crippen molar-refractivity contribution < 1.29 is 13.2 Å². The number of hydrogen-bond acceptors (Lipinski definition) is 3. The number of amides is 1. The molecule has 1 atom stereocenters. The van der Waals surface area contributed by atoms with Crippen molar-refractivity contribution in [2.45, 2.75) is 52.0 Å². The largest absolute Gasteiger partial charge is 0.309 e. The van der Waals surface area contributed by atoms with E-state index < -0.39 is 10.0 Å². The third kappa shape index (κ3) is 3.21. The lowest BCUT2D eigenvalue weighted by Crippen LogP contribution is -2.33. The van der Waals surface area contributed by atoms with Crippen molar-refractivity contribution in [3.63, 3.8) is 0 Å². The van der Waals surface area contributed by atoms with E-state index in [1.165, 1.54) is 6.92 Å². The number of anilines is 2. The molecule has 1 amide bonds. The number of nitrogens with zero attached hydrogens (tertiary/aromatic N) is 1. The van der Waals surface area contributed by atoms with Crippen molar-refractivity contribution in [3.8, 4) is 0 Å². The molecule has 1 aliphatic heterocycles. The van der Waals surface area contributed by atoms with E-state index in [1.54, 1.807) is 23.1 Å². The Morgan fingerprint density at radius 1 is 1.12 bits per heavy atom. The molecule has 1 unspecified atom stereocenters. The number of nitrogens with one attached hydrogen (secondary N) is 1. The average Bonchev–Trinajstić information content (AvgIpc) is 2.85. The maximum Gasteiger partial charge on any atom is 0.261 e. The van der Waals surface area contributed by atoms with Gasteiger partial charge in [-0.3, -0.25) is 9.52 Å². The van der Waals surface area contributed by atoms with Crippen LogP contribution >= 0.6 is 0 Å². The summed E-state index contributed by atoms with van der Waals surface area (Å²) in [4.78, 5) is 13.8. The molecule has 0 spiro atoms. The van der Waals surface area contributed by atoms with Crippen LogP contribution in [0, 0.1) is 20.8 Å². The zero-order valence-electron chi connectivity index (χ0n) is 15.8. The quantitative estimate of drug-likeness (QED) is 0.893. The number of sulfonamides is 1. The lowest BCUT2D eigenvalue weighted by Gasteiger charge is -2.20. The van der Waals surface area contributed by atoms with Gasteiger partial charge in [0.25, 0.3) is 10.0 Å². The Bertz CT molecular complexity index is 973. The van der Waals surface area contributed by atoms with E-state index in [0.29, 0.717) is 12.1 Å². The predicted molar refractivity (Wildman–Crippen MR) is 104 cm³/mol. The van der Waals surface area contributed by atoms with E-state index in [9.17, 15) is 13.2 Å². The molecule has 6 heteroatoms. The molecule has 3 rings (SSSR count). The van der Waals surface area contributed by atoms with E-state index in [2.05, 4.69) is 4.72 Å². The molecule has 0 saturated heterocycles. The number of fused-ring (bicyclic) bond motifs is 1. The summed E-state index contributed by atoms with van der Waals surface area (Å²) in [5.74, 6) is -0.0316. The van der Waals surface area contributed by atoms with Gasteiger partial charge in [0.05, 0.1) is 10.6 Å². The Balaban J connectivity index is 1.98. The summed E-state index contributed by atoms with van der Waals surface area (Å²) in [6, 6.07) is 8.92. The van der Waals surface area contributed by atoms with Crippen LogP contribution in [0.25, 0.3) is 0 Å². The van der Waals surface area contributed by atoms with Gasteiger partial charge in [0.15, 0.2) is 0 Å². The minimum Gasteiger partial charge on any atom is -0.309 e. The van der Waals surface area contributed by atoms with Gasteiger partial charge in [-0.05, 0) is 69.0 Å². The number of benzene rings is 2. The highest BCUT2D eigenvalue weighted by atomic mass is 32.2. The van der Waals surface area contributed by atoms with Crippen LogP contribution in [0.5, 0.6) is 0 Å². The maximum absolute atomic E-state index is 12.9. The average molecular weight is 372 g/mol. The molecular weight excluding hydrogens is 348 g/mol. The lowest BCUT2D eigenvalue weighted by molar-refractivity contribution is -0.116. The molecule has 2 aromatic carbocycles. The predicted octanol–water partition coefficient (Wildman–Crippen LogP) is 3.71. The van der Waals surface area contributed by atoms with Crippen LogP contribution in [0.15, 0.2) is 35.2 Å². The minimum atomic E-state index is -3.70. The molecular formula is C20H24N2O3S. The number of rotatable bonds is 3. The fourth-order valence-electron chi connectivity index (χ4n) is 3.79. The smallest absolute Gasteiger partial charge is 0.261 e. The Labute approximate surface area is 155 Å². The highest BCUT2D eigenvalue weighted by Gasteiger charge is 2.30. The first-order valence-corrected chi connectivity index (χ1v) is 10.1. The van der Waals surface area contributed by atoms with Gasteiger partial charge >= 0.3 is 0 Å². The van der Waals surface area contributed by atoms with Crippen molar-refractivity contribution >= 4 is 27.3 Å². The van der Waals surface area contributed by atoms with E-state index >= 15 is 0 Å². The summed E-state index contributed by atoms with van der Waals surface area (Å²) in [6.07, 6.45) is 0.654. The number of aryl methyl sites for hydroxylation is 3. The molecule has 1 aliphatic rings. The van der Waals surface area contributed by atoms with Gasteiger partial charge in [-0.15, -0.1) is 0 Å². The van der Waals surface area contributed by atoms with Crippen LogP contribution in [-0.4, -0.2) is 20.4 Å². The second-order valence-corrected chi connectivity index (χ2v) is 8.79. The molecule has 0 aromatic heterocycles. The minimum absolute atomic E-state index is 0.0316. The Hall–Kier alpha value is -2.34. The van der Waals surface area contributed by atoms with E-state index in [0.717, 1.165) is 27.9 Å². The number of hydrogen-bond donors (Lipinski definition) is 1. The molecule has 0 radical (unpaired) electrons. The Kier molecular flexibility index (Phi) is 4.56. The van der Waals surface area contributed by atoms with Gasteiger partial charge in [0.1, 0.15) is 0 Å². The topological polar surface area (TPSA) is 66.5 Å². The van der Waals surface area contributed by atoms with Gasteiger partial charge in [0.2, 0.25) is 5.91 Å². The maximum atomic E-state index is 12.9. The van der Waals surface area contributed by atoms with Crippen molar-refractivity contribution in [2.75, 3.05) is 9.62 Å². The molecule has 1 N–H and O–H groups in total. The molecule has 0 saturated carbocycles. The van der Waals surface area contributed by atoms with Crippen molar-refractivity contribution in [1.29, 1.82) is 0 Å². The zero-order chi connectivity index (χ0) is 19.2. The molecule has 138 valence electrons. The van der Waals surface area contributed by atoms with Gasteiger partial charge < -0.3 is 4.90 Å². The van der Waals surface area contributed by atoms with Gasteiger partial charge in [-0.1, -0.05) is 17.7 Å². The fraction of sp³-hybridized carbons (Fsp3) is 0.350. The van der Waals surface area contributed by atoms with Crippen LogP contribution in [0.4, 0.5) is 11.4 Å². The van der Waals surface area contributed by atoms with Crippen LogP contribution in [-0.2, 0) is 21.2 Å². The standard InChI is InChI=1S/C20H24N2O3S/c1-12-8-13(2)20(14(3)9-12)21-26(24,25)18-6-7-19-17(11-18)10-15(4)22(19)16(5)23/h6-9,11,15,21H,10H2,1-5H3. The SMILES string of the molecule is CC(=O)N1c2ccc(S(=O)(=O)Nc3c(C)cc(C)cc3C)cc2CC1C. The summed E-state index contributed by atoms with van der Waals surface area (Å²) in [6.45, 7) is 9.27. The van der Waals surface area contributed by atoms with Crippen molar-refractivity contribution in [2.24, 2.45) is 0 Å². The van der Waals surface area contributed by atoms with Crippen molar-refractivity contribution in [3.05, 3.63) is 52.6 Å². The number of carbonyl (C=O) groups is 1. The molecule has 0 bridgehead atoms. The van der Waals surface area contributed by atoms with Crippen LogP contribution in [0.1, 0.15) is 36.1 Å². The summed E-state index contributed by atoms with van der Waals surface area (Å²) >= 11 is 0. The third-order valence-corrected chi connectivity index (χ3v) is 6.18. The molecule has 5 nitrogen and oxygen atoms in total. The normalized spacial score (nSPS) is 16.5. The van der Waals surface area contributed by atoms with E-state index in [4.69, 9.17) is 0 Å². The summed E-state index contributed by atoms with van der Waals surface area (Å²) < 4.78 is 28.5. The first-order chi connectivity index (χ1) is 12.1. The molecule has 0 aliphatic carbocycles. The van der Waals surface area contributed by atoms with Gasteiger partial charge in [0, 0.05) is 18.7 Å². The zero-order valence-corrected chi connectivity index (χ0v) is 16.6. The summed E-state index contributed by atoms with van der Waals surface area (Å²) in [7, 11) is -3.70. The van der Waals surface area contributed by atoms with Gasteiger partial charge in [-0.25, -0.2) is 8.42 Å². The molecule has 2 aromatic rings. The van der Waals surface area contributed by atoms with E-state index in [-0.39, 0.29) is 16.8 Å². The summed E-state index contributed by atoms with van der Waals surface area (Å²) in [5.41, 5.74) is 5.18. The van der Waals surface area contributed by atoms with E-state index in [1.807, 2.05) is 39.8 Å². The third-order valence-electron chi connectivity index (χ3n) is 4.83. The monoisotopic (exact) mass is 372 g/mol. The molecule has 0 fully saturated rings. The van der Waals surface area contributed by atoms with Crippen LogP contribution in [0.3, 0.4) is 0 Å². The molecule has 26 heavy (non-hydrogen) atoms. The van der Waals surface area contributed by atoms with Crippen LogP contribution in [0.2, 0.25) is 0 Å². The first kappa shape index (κ1) is 18.5. The second kappa shape index (κ2) is 6.43.